The summed E-state index contributed by atoms with van der Waals surface area (Å²) in [5, 5.41) is 4.95. The van der Waals surface area contributed by atoms with Crippen LogP contribution in [0.15, 0.2) is 30.5 Å². The predicted molar refractivity (Wildman–Crippen MR) is 79.9 cm³/mol. The van der Waals surface area contributed by atoms with E-state index < -0.39 is 0 Å². The molecule has 102 valence electrons. The van der Waals surface area contributed by atoms with Crippen molar-refractivity contribution >= 4 is 22.9 Å². The Morgan fingerprint density at radius 1 is 1.37 bits per heavy atom. The molecule has 0 saturated carbocycles. The van der Waals surface area contributed by atoms with Gasteiger partial charge in [-0.15, -0.1) is 11.3 Å². The van der Waals surface area contributed by atoms with Gasteiger partial charge in [0.25, 0.3) is 0 Å². The van der Waals surface area contributed by atoms with Gasteiger partial charge in [0.2, 0.25) is 0 Å². The highest BCUT2D eigenvalue weighted by atomic mass is 35.5. The van der Waals surface area contributed by atoms with Crippen molar-refractivity contribution in [3.05, 3.63) is 45.4 Å². The van der Waals surface area contributed by atoms with Crippen LogP contribution in [-0.2, 0) is 13.2 Å². The van der Waals surface area contributed by atoms with Gasteiger partial charge in [-0.05, 0) is 25.1 Å². The average molecular weight is 297 g/mol. The minimum atomic E-state index is 0.460. The lowest BCUT2D eigenvalue weighted by Crippen LogP contribution is -2.12. The van der Waals surface area contributed by atoms with Gasteiger partial charge in [0, 0.05) is 17.6 Å². The first-order chi connectivity index (χ1) is 9.29. The van der Waals surface area contributed by atoms with E-state index in [4.69, 9.17) is 16.3 Å². The van der Waals surface area contributed by atoms with E-state index in [1.165, 1.54) is 4.88 Å². The summed E-state index contributed by atoms with van der Waals surface area (Å²) in [6, 6.07) is 7.47. The fourth-order valence-electron chi connectivity index (χ4n) is 1.59. The Bertz CT molecular complexity index is 516. The molecule has 0 radical (unpaired) electrons. The second-order valence-corrected chi connectivity index (χ2v) is 5.72. The van der Waals surface area contributed by atoms with Crippen molar-refractivity contribution in [1.82, 2.24) is 10.3 Å². The Morgan fingerprint density at radius 3 is 3.00 bits per heavy atom. The lowest BCUT2D eigenvalue weighted by molar-refractivity contribution is 0.306. The number of nitrogens with one attached hydrogen (secondary N) is 1. The molecule has 3 nitrogen and oxygen atoms in total. The Morgan fingerprint density at radius 2 is 2.21 bits per heavy atom. The van der Waals surface area contributed by atoms with Crippen LogP contribution in [0.2, 0.25) is 5.02 Å². The minimum absolute atomic E-state index is 0.460. The molecule has 1 heterocycles. The fraction of sp³-hybridized carbons (Fsp3) is 0.357. The summed E-state index contributed by atoms with van der Waals surface area (Å²) >= 11 is 7.69. The molecule has 19 heavy (non-hydrogen) atoms. The third-order valence-corrected chi connectivity index (χ3v) is 3.80. The zero-order valence-corrected chi connectivity index (χ0v) is 12.4. The Hall–Kier alpha value is -1.10. The maximum Gasteiger partial charge on any atom is 0.140 e. The van der Waals surface area contributed by atoms with E-state index in [1.807, 2.05) is 30.5 Å². The second kappa shape index (κ2) is 7.48. The van der Waals surface area contributed by atoms with Crippen molar-refractivity contribution in [2.24, 2.45) is 0 Å². The number of aromatic nitrogens is 1. The maximum atomic E-state index is 6.03. The van der Waals surface area contributed by atoms with Crippen molar-refractivity contribution in [3.63, 3.8) is 0 Å². The molecule has 0 spiro atoms. The third-order valence-electron chi connectivity index (χ3n) is 2.52. The molecule has 0 atom stereocenters. The first-order valence-electron chi connectivity index (χ1n) is 6.31. The molecule has 0 aliphatic carbocycles. The molecule has 5 heteroatoms. The van der Waals surface area contributed by atoms with Crippen LogP contribution < -0.4 is 10.1 Å². The Kier molecular flexibility index (Phi) is 5.63. The van der Waals surface area contributed by atoms with Gasteiger partial charge >= 0.3 is 0 Å². The molecular formula is C14H17ClN2OS. The number of para-hydroxylation sites is 1. The van der Waals surface area contributed by atoms with Crippen molar-refractivity contribution in [2.45, 2.75) is 26.5 Å². The summed E-state index contributed by atoms with van der Waals surface area (Å²) in [4.78, 5) is 5.58. The highest BCUT2D eigenvalue weighted by molar-refractivity contribution is 7.11. The van der Waals surface area contributed by atoms with E-state index in [0.29, 0.717) is 17.4 Å². The van der Waals surface area contributed by atoms with Crippen molar-refractivity contribution in [1.29, 1.82) is 0 Å². The largest absolute Gasteiger partial charge is 0.485 e. The van der Waals surface area contributed by atoms with Gasteiger partial charge in [0.15, 0.2) is 0 Å². The van der Waals surface area contributed by atoms with Gasteiger partial charge in [-0.1, -0.05) is 30.7 Å². The van der Waals surface area contributed by atoms with E-state index >= 15 is 0 Å². The molecule has 0 bridgehead atoms. The zero-order chi connectivity index (χ0) is 13.5. The monoisotopic (exact) mass is 296 g/mol. The average Bonchev–Trinajstić information content (AvgIpc) is 2.86. The molecule has 0 aliphatic heterocycles. The third kappa shape index (κ3) is 4.49. The van der Waals surface area contributed by atoms with Gasteiger partial charge < -0.3 is 10.1 Å². The zero-order valence-electron chi connectivity index (χ0n) is 10.9. The number of ether oxygens (including phenoxy) is 1. The smallest absolute Gasteiger partial charge is 0.140 e. The standard InChI is InChI=1S/C14H17ClN2OS/c1-2-7-16-8-11-9-17-14(19-11)10-18-13-6-4-3-5-12(13)15/h3-6,9,16H,2,7-8,10H2,1H3. The van der Waals surface area contributed by atoms with Gasteiger partial charge in [0.1, 0.15) is 17.4 Å². The van der Waals surface area contributed by atoms with E-state index in [2.05, 4.69) is 17.2 Å². The minimum Gasteiger partial charge on any atom is -0.485 e. The second-order valence-electron chi connectivity index (χ2n) is 4.12. The van der Waals surface area contributed by atoms with Crippen LogP contribution in [-0.4, -0.2) is 11.5 Å². The van der Waals surface area contributed by atoms with Crippen LogP contribution in [0.4, 0.5) is 0 Å². The predicted octanol–water partition coefficient (Wildman–Crippen LogP) is 3.88. The molecule has 2 aromatic rings. The number of thiazole rings is 1. The Balaban J connectivity index is 1.85. The quantitative estimate of drug-likeness (QED) is 0.788. The first-order valence-corrected chi connectivity index (χ1v) is 7.50. The van der Waals surface area contributed by atoms with E-state index in [1.54, 1.807) is 11.3 Å². The molecule has 0 amide bonds. The normalized spacial score (nSPS) is 10.6. The highest BCUT2D eigenvalue weighted by Gasteiger charge is 2.04. The number of hydrogen-bond donors (Lipinski definition) is 1. The van der Waals surface area contributed by atoms with Crippen LogP contribution >= 0.6 is 22.9 Å². The van der Waals surface area contributed by atoms with E-state index in [9.17, 15) is 0 Å². The van der Waals surface area contributed by atoms with Crippen molar-refractivity contribution < 1.29 is 4.74 Å². The molecule has 0 saturated heterocycles. The molecule has 0 fully saturated rings. The number of hydrogen-bond acceptors (Lipinski definition) is 4. The highest BCUT2D eigenvalue weighted by Crippen LogP contribution is 2.24. The van der Waals surface area contributed by atoms with Crippen LogP contribution in [0, 0.1) is 0 Å². The number of nitrogens with zero attached hydrogens (tertiary/aromatic N) is 1. The number of rotatable bonds is 7. The summed E-state index contributed by atoms with van der Waals surface area (Å²) in [5.41, 5.74) is 0. The van der Waals surface area contributed by atoms with Gasteiger partial charge in [-0.2, -0.15) is 0 Å². The van der Waals surface area contributed by atoms with E-state index in [-0.39, 0.29) is 0 Å². The number of halogens is 1. The fourth-order valence-corrected chi connectivity index (χ4v) is 2.58. The molecule has 1 aromatic heterocycles. The van der Waals surface area contributed by atoms with Crippen molar-refractivity contribution in [2.75, 3.05) is 6.54 Å². The lowest BCUT2D eigenvalue weighted by Gasteiger charge is -2.05. The number of benzene rings is 1. The molecule has 1 aromatic carbocycles. The molecule has 2 rings (SSSR count). The maximum absolute atomic E-state index is 6.03. The Labute approximate surface area is 122 Å². The van der Waals surface area contributed by atoms with Crippen LogP contribution in [0.3, 0.4) is 0 Å². The summed E-state index contributed by atoms with van der Waals surface area (Å²) in [5.74, 6) is 0.699. The summed E-state index contributed by atoms with van der Waals surface area (Å²) in [6.07, 6.45) is 3.04. The SMILES string of the molecule is CCCNCc1cnc(COc2ccccc2Cl)s1. The first kappa shape index (κ1) is 14.3. The molecule has 0 unspecified atom stereocenters. The molecule has 0 aliphatic rings. The van der Waals surface area contributed by atoms with Crippen molar-refractivity contribution in [3.8, 4) is 5.75 Å². The summed E-state index contributed by atoms with van der Waals surface area (Å²) < 4.78 is 5.66. The van der Waals surface area contributed by atoms with Crippen LogP contribution in [0.25, 0.3) is 0 Å². The van der Waals surface area contributed by atoms with Gasteiger partial charge in [0.05, 0.1) is 5.02 Å². The van der Waals surface area contributed by atoms with Gasteiger partial charge in [-0.3, -0.25) is 0 Å². The van der Waals surface area contributed by atoms with Crippen LogP contribution in [0.1, 0.15) is 23.2 Å². The molecule has 1 N–H and O–H groups in total. The summed E-state index contributed by atoms with van der Waals surface area (Å²) in [6.45, 7) is 4.52. The topological polar surface area (TPSA) is 34.2 Å². The summed E-state index contributed by atoms with van der Waals surface area (Å²) in [7, 11) is 0. The van der Waals surface area contributed by atoms with Crippen LogP contribution in [0.5, 0.6) is 5.75 Å². The molecular weight excluding hydrogens is 280 g/mol. The lowest BCUT2D eigenvalue weighted by atomic mass is 10.3. The van der Waals surface area contributed by atoms with Gasteiger partial charge in [-0.25, -0.2) is 4.98 Å². The van der Waals surface area contributed by atoms with E-state index in [0.717, 1.165) is 24.5 Å².